The molecule has 1 amide bonds. The maximum atomic E-state index is 12.3. The van der Waals surface area contributed by atoms with Crippen LogP contribution in [-0.4, -0.2) is 48.6 Å². The zero-order valence-corrected chi connectivity index (χ0v) is 14.8. The van der Waals surface area contributed by atoms with E-state index < -0.39 is 0 Å². The number of rotatable bonds is 4. The van der Waals surface area contributed by atoms with Crippen molar-refractivity contribution in [3.63, 3.8) is 0 Å². The molecule has 1 aliphatic heterocycles. The van der Waals surface area contributed by atoms with Crippen molar-refractivity contribution in [2.45, 2.75) is 13.8 Å². The fourth-order valence-corrected chi connectivity index (χ4v) is 3.05. The molecule has 2 aromatic rings. The number of hydrogen-bond donors (Lipinski definition) is 2. The third-order valence-corrected chi connectivity index (χ3v) is 4.75. The van der Waals surface area contributed by atoms with Gasteiger partial charge in [0.25, 0.3) is 0 Å². The molecule has 3 rings (SSSR count). The van der Waals surface area contributed by atoms with Crippen LogP contribution >= 0.6 is 0 Å². The van der Waals surface area contributed by atoms with E-state index in [1.165, 1.54) is 11.1 Å². The van der Waals surface area contributed by atoms with Crippen LogP contribution in [0.4, 0.5) is 11.4 Å². The minimum atomic E-state index is 0.0290. The van der Waals surface area contributed by atoms with Crippen LogP contribution in [-0.2, 0) is 4.79 Å². The van der Waals surface area contributed by atoms with Gasteiger partial charge in [0.2, 0.25) is 5.91 Å². The minimum absolute atomic E-state index is 0.0290. The zero-order valence-electron chi connectivity index (χ0n) is 14.8. The summed E-state index contributed by atoms with van der Waals surface area (Å²) in [5.41, 5.74) is 4.37. The fraction of sp³-hybridized carbons (Fsp3) is 0.350. The number of phenols is 1. The molecule has 0 unspecified atom stereocenters. The van der Waals surface area contributed by atoms with Gasteiger partial charge in [0.1, 0.15) is 5.75 Å². The lowest BCUT2D eigenvalue weighted by molar-refractivity contribution is -0.117. The first kappa shape index (κ1) is 17.3. The Morgan fingerprint density at radius 3 is 2.32 bits per heavy atom. The van der Waals surface area contributed by atoms with E-state index in [2.05, 4.69) is 22.0 Å². The van der Waals surface area contributed by atoms with Crippen LogP contribution in [0.15, 0.2) is 42.5 Å². The molecule has 0 bridgehead atoms. The monoisotopic (exact) mass is 339 g/mol. The first-order valence-electron chi connectivity index (χ1n) is 8.65. The second kappa shape index (κ2) is 7.57. The van der Waals surface area contributed by atoms with Gasteiger partial charge in [-0.05, 0) is 61.4 Å². The number of benzene rings is 2. The second-order valence-electron chi connectivity index (χ2n) is 6.63. The number of carbonyl (C=O) groups excluding carboxylic acids is 1. The van der Waals surface area contributed by atoms with E-state index in [9.17, 15) is 9.90 Å². The Balaban J connectivity index is 1.49. The number of aromatic hydroxyl groups is 1. The van der Waals surface area contributed by atoms with E-state index in [1.807, 2.05) is 37.3 Å². The standard InChI is InChI=1S/C20H25N3O2/c1-15-3-4-17(13-16(15)2)21-20(25)14-22-9-11-23(12-10-22)18-5-7-19(24)8-6-18/h3-8,13,24H,9-12,14H2,1-2H3,(H,21,25). The van der Waals surface area contributed by atoms with E-state index in [-0.39, 0.29) is 11.7 Å². The third-order valence-electron chi connectivity index (χ3n) is 4.75. The molecule has 1 aliphatic rings. The lowest BCUT2D eigenvalue weighted by Crippen LogP contribution is -2.48. The number of carbonyl (C=O) groups is 1. The van der Waals surface area contributed by atoms with Gasteiger partial charge in [0.15, 0.2) is 0 Å². The summed E-state index contributed by atoms with van der Waals surface area (Å²) >= 11 is 0. The van der Waals surface area contributed by atoms with Gasteiger partial charge in [-0.1, -0.05) is 6.07 Å². The van der Waals surface area contributed by atoms with Crippen LogP contribution < -0.4 is 10.2 Å². The number of piperazine rings is 1. The molecule has 132 valence electrons. The molecule has 2 N–H and O–H groups in total. The van der Waals surface area contributed by atoms with Gasteiger partial charge in [0.05, 0.1) is 6.54 Å². The zero-order chi connectivity index (χ0) is 17.8. The molecular formula is C20H25N3O2. The van der Waals surface area contributed by atoms with Gasteiger partial charge < -0.3 is 15.3 Å². The summed E-state index contributed by atoms with van der Waals surface area (Å²) in [4.78, 5) is 16.7. The highest BCUT2D eigenvalue weighted by Gasteiger charge is 2.19. The molecule has 5 heteroatoms. The highest BCUT2D eigenvalue weighted by Crippen LogP contribution is 2.20. The molecule has 1 fully saturated rings. The first-order valence-corrected chi connectivity index (χ1v) is 8.65. The van der Waals surface area contributed by atoms with Gasteiger partial charge >= 0.3 is 0 Å². The average molecular weight is 339 g/mol. The maximum absolute atomic E-state index is 12.3. The van der Waals surface area contributed by atoms with Crippen molar-refractivity contribution in [2.24, 2.45) is 0 Å². The van der Waals surface area contributed by atoms with Crippen LogP contribution in [0, 0.1) is 13.8 Å². The molecule has 1 saturated heterocycles. The van der Waals surface area contributed by atoms with E-state index in [0.29, 0.717) is 6.54 Å². The Labute approximate surface area is 148 Å². The van der Waals surface area contributed by atoms with Crippen LogP contribution in [0.1, 0.15) is 11.1 Å². The highest BCUT2D eigenvalue weighted by atomic mass is 16.3. The quantitative estimate of drug-likeness (QED) is 0.899. The molecule has 0 radical (unpaired) electrons. The average Bonchev–Trinajstić information content (AvgIpc) is 2.60. The summed E-state index contributed by atoms with van der Waals surface area (Å²) in [6, 6.07) is 13.3. The summed E-state index contributed by atoms with van der Waals surface area (Å²) in [6.07, 6.45) is 0. The van der Waals surface area contributed by atoms with Gasteiger partial charge in [-0.2, -0.15) is 0 Å². The Morgan fingerprint density at radius 1 is 1.00 bits per heavy atom. The number of hydrogen-bond acceptors (Lipinski definition) is 4. The summed E-state index contributed by atoms with van der Waals surface area (Å²) < 4.78 is 0. The molecule has 1 heterocycles. The number of aryl methyl sites for hydroxylation is 2. The number of nitrogens with one attached hydrogen (secondary N) is 1. The molecular weight excluding hydrogens is 314 g/mol. The molecule has 25 heavy (non-hydrogen) atoms. The third kappa shape index (κ3) is 4.51. The summed E-state index contributed by atoms with van der Waals surface area (Å²) in [5, 5.41) is 12.4. The maximum Gasteiger partial charge on any atom is 0.238 e. The SMILES string of the molecule is Cc1ccc(NC(=O)CN2CCN(c3ccc(O)cc3)CC2)cc1C. The lowest BCUT2D eigenvalue weighted by atomic mass is 10.1. The van der Waals surface area contributed by atoms with Crippen molar-refractivity contribution in [1.82, 2.24) is 4.90 Å². The molecule has 5 nitrogen and oxygen atoms in total. The van der Waals surface area contributed by atoms with Crippen LogP contribution in [0.2, 0.25) is 0 Å². The second-order valence-corrected chi connectivity index (χ2v) is 6.63. The van der Waals surface area contributed by atoms with Crippen molar-refractivity contribution in [1.29, 1.82) is 0 Å². The van der Waals surface area contributed by atoms with Crippen LogP contribution in [0.3, 0.4) is 0 Å². The topological polar surface area (TPSA) is 55.8 Å². The van der Waals surface area contributed by atoms with Crippen molar-refractivity contribution in [3.05, 3.63) is 53.6 Å². The summed E-state index contributed by atoms with van der Waals surface area (Å²) in [7, 11) is 0. The lowest BCUT2D eigenvalue weighted by Gasteiger charge is -2.35. The van der Waals surface area contributed by atoms with Crippen molar-refractivity contribution in [2.75, 3.05) is 42.9 Å². The number of phenolic OH excluding ortho intramolecular Hbond substituents is 1. The van der Waals surface area contributed by atoms with Crippen molar-refractivity contribution < 1.29 is 9.90 Å². The molecule has 2 aromatic carbocycles. The van der Waals surface area contributed by atoms with E-state index in [4.69, 9.17) is 0 Å². The molecule has 0 atom stereocenters. The Kier molecular flexibility index (Phi) is 5.24. The van der Waals surface area contributed by atoms with Gasteiger partial charge in [0, 0.05) is 37.6 Å². The molecule has 0 spiro atoms. The Bertz CT molecular complexity index is 735. The Hall–Kier alpha value is -2.53. The summed E-state index contributed by atoms with van der Waals surface area (Å²) in [5.74, 6) is 0.312. The highest BCUT2D eigenvalue weighted by molar-refractivity contribution is 5.92. The minimum Gasteiger partial charge on any atom is -0.508 e. The van der Waals surface area contributed by atoms with Gasteiger partial charge in [-0.25, -0.2) is 0 Å². The normalized spacial score (nSPS) is 15.2. The van der Waals surface area contributed by atoms with Gasteiger partial charge in [-0.3, -0.25) is 9.69 Å². The van der Waals surface area contributed by atoms with Crippen molar-refractivity contribution >= 4 is 17.3 Å². The largest absolute Gasteiger partial charge is 0.508 e. The van der Waals surface area contributed by atoms with Crippen molar-refractivity contribution in [3.8, 4) is 5.75 Å². The Morgan fingerprint density at radius 2 is 1.68 bits per heavy atom. The number of anilines is 2. The number of nitrogens with zero attached hydrogens (tertiary/aromatic N) is 2. The van der Waals surface area contributed by atoms with E-state index in [0.717, 1.165) is 37.6 Å². The first-order chi connectivity index (χ1) is 12.0. The predicted octanol–water partition coefficient (Wildman–Crippen LogP) is 2.77. The van der Waals surface area contributed by atoms with Crippen LogP contribution in [0.5, 0.6) is 5.75 Å². The molecule has 0 saturated carbocycles. The molecule has 0 aromatic heterocycles. The van der Waals surface area contributed by atoms with E-state index in [1.54, 1.807) is 12.1 Å². The fourth-order valence-electron chi connectivity index (χ4n) is 3.05. The van der Waals surface area contributed by atoms with Crippen LogP contribution in [0.25, 0.3) is 0 Å². The summed E-state index contributed by atoms with van der Waals surface area (Å²) in [6.45, 7) is 7.98. The molecule has 0 aliphatic carbocycles. The predicted molar refractivity (Wildman–Crippen MR) is 101 cm³/mol. The van der Waals surface area contributed by atoms with E-state index >= 15 is 0 Å². The van der Waals surface area contributed by atoms with Gasteiger partial charge in [-0.15, -0.1) is 0 Å². The smallest absolute Gasteiger partial charge is 0.238 e. The number of amides is 1.